The van der Waals surface area contributed by atoms with Gasteiger partial charge in [-0.25, -0.2) is 18.7 Å². The molecule has 152 valence electrons. The van der Waals surface area contributed by atoms with E-state index >= 15 is 0 Å². The number of nitrogens with zero attached hydrogens (tertiary/aromatic N) is 5. The van der Waals surface area contributed by atoms with Gasteiger partial charge in [0, 0.05) is 37.6 Å². The number of aromatic nitrogens is 4. The number of halogens is 2. The summed E-state index contributed by atoms with van der Waals surface area (Å²) < 4.78 is 29.9. The summed E-state index contributed by atoms with van der Waals surface area (Å²) in [5, 5.41) is 3.31. The van der Waals surface area contributed by atoms with Gasteiger partial charge in [-0.1, -0.05) is 0 Å². The highest BCUT2D eigenvalue weighted by molar-refractivity contribution is 5.81. The first kappa shape index (κ1) is 18.6. The van der Waals surface area contributed by atoms with Crippen LogP contribution in [0.15, 0.2) is 54.9 Å². The minimum atomic E-state index is -0.669. The molecule has 0 bridgehead atoms. The molecule has 1 saturated heterocycles. The van der Waals surface area contributed by atoms with E-state index in [-0.39, 0.29) is 5.56 Å². The van der Waals surface area contributed by atoms with Crippen LogP contribution in [0, 0.1) is 11.6 Å². The summed E-state index contributed by atoms with van der Waals surface area (Å²) in [6, 6.07) is 11.4. The van der Waals surface area contributed by atoms with Crippen LogP contribution < -0.4 is 10.2 Å². The Morgan fingerprint density at radius 1 is 1.03 bits per heavy atom. The fourth-order valence-electron chi connectivity index (χ4n) is 3.92. The van der Waals surface area contributed by atoms with Crippen LogP contribution >= 0.6 is 0 Å². The maximum atomic E-state index is 14.6. The van der Waals surface area contributed by atoms with Crippen molar-refractivity contribution in [1.29, 1.82) is 0 Å². The summed E-state index contributed by atoms with van der Waals surface area (Å²) in [7, 11) is 1.97. The Hall–Kier alpha value is -3.39. The Balaban J connectivity index is 1.70. The normalized spacial score (nSPS) is 16.5. The predicted molar refractivity (Wildman–Crippen MR) is 112 cm³/mol. The topological polar surface area (TPSA) is 58.9 Å². The van der Waals surface area contributed by atoms with E-state index in [1.165, 1.54) is 12.1 Å². The van der Waals surface area contributed by atoms with Crippen LogP contribution in [0.5, 0.6) is 0 Å². The average Bonchev–Trinajstić information content (AvgIpc) is 3.38. The molecule has 4 aromatic rings. The van der Waals surface area contributed by atoms with Crippen LogP contribution in [0.3, 0.4) is 0 Å². The number of fused-ring (bicyclic) bond motifs is 1. The molecule has 0 spiro atoms. The van der Waals surface area contributed by atoms with Crippen LogP contribution in [-0.4, -0.2) is 45.7 Å². The lowest BCUT2D eigenvalue weighted by Gasteiger charge is -2.17. The minimum Gasteiger partial charge on any atom is -0.355 e. The number of nitrogens with one attached hydrogen (secondary N) is 1. The van der Waals surface area contributed by atoms with E-state index < -0.39 is 11.6 Å². The molecule has 0 radical (unpaired) electrons. The maximum absolute atomic E-state index is 14.6. The SMILES string of the molecule is CN[C@@H]1CCN(c2ccc3nc(-c4ccc(F)cc4F)n(-c4ccncc4)c3n2)C1. The lowest BCUT2D eigenvalue weighted by atomic mass is 10.2. The quantitative estimate of drug-likeness (QED) is 0.562. The molecule has 6 nitrogen and oxygen atoms in total. The van der Waals surface area contributed by atoms with Crippen LogP contribution in [0.4, 0.5) is 14.6 Å². The summed E-state index contributed by atoms with van der Waals surface area (Å²) in [5.41, 5.74) is 2.22. The Labute approximate surface area is 172 Å². The Morgan fingerprint density at radius 2 is 1.87 bits per heavy atom. The molecule has 1 aliphatic rings. The van der Waals surface area contributed by atoms with Gasteiger partial charge in [0.15, 0.2) is 5.65 Å². The molecule has 1 fully saturated rings. The van der Waals surface area contributed by atoms with E-state index in [1.54, 1.807) is 17.0 Å². The molecule has 5 rings (SSSR count). The fraction of sp³-hybridized carbons (Fsp3) is 0.227. The standard InChI is InChI=1S/C22H20F2N6/c1-25-15-8-11-29(13-15)20-5-4-19-22(28-20)30(16-6-9-26-10-7-16)21(27-19)17-3-2-14(23)12-18(17)24/h2-7,9-10,12,15,25H,8,11,13H2,1H3/t15-/m1/s1. The lowest BCUT2D eigenvalue weighted by Crippen LogP contribution is -2.29. The smallest absolute Gasteiger partial charge is 0.167 e. The Morgan fingerprint density at radius 3 is 2.60 bits per heavy atom. The largest absolute Gasteiger partial charge is 0.355 e. The second-order valence-electron chi connectivity index (χ2n) is 7.33. The zero-order chi connectivity index (χ0) is 20.7. The fourth-order valence-corrected chi connectivity index (χ4v) is 3.92. The number of hydrogen-bond donors (Lipinski definition) is 1. The van der Waals surface area contributed by atoms with Crippen LogP contribution in [0.25, 0.3) is 28.2 Å². The summed E-state index contributed by atoms with van der Waals surface area (Å²) in [5.74, 6) is -0.0805. The monoisotopic (exact) mass is 406 g/mol. The van der Waals surface area contributed by atoms with Gasteiger partial charge in [-0.2, -0.15) is 0 Å². The molecular weight excluding hydrogens is 386 g/mol. The molecule has 0 aliphatic carbocycles. The predicted octanol–water partition coefficient (Wildman–Crippen LogP) is 3.56. The number of benzene rings is 1. The number of hydrogen-bond acceptors (Lipinski definition) is 5. The minimum absolute atomic E-state index is 0.212. The highest BCUT2D eigenvalue weighted by Gasteiger charge is 2.24. The lowest BCUT2D eigenvalue weighted by molar-refractivity contribution is 0.584. The van der Waals surface area contributed by atoms with E-state index in [9.17, 15) is 8.78 Å². The van der Waals surface area contributed by atoms with Gasteiger partial charge in [0.05, 0.1) is 11.3 Å². The van der Waals surface area contributed by atoms with Crippen molar-refractivity contribution in [3.63, 3.8) is 0 Å². The molecule has 3 aromatic heterocycles. The maximum Gasteiger partial charge on any atom is 0.167 e. The van der Waals surface area contributed by atoms with E-state index in [0.29, 0.717) is 23.0 Å². The Bertz CT molecular complexity index is 1210. The molecule has 0 amide bonds. The van der Waals surface area contributed by atoms with Crippen molar-refractivity contribution in [3.05, 3.63) is 66.5 Å². The van der Waals surface area contributed by atoms with Crippen molar-refractivity contribution >= 4 is 17.0 Å². The Kier molecular flexibility index (Phi) is 4.63. The van der Waals surface area contributed by atoms with Gasteiger partial charge in [0.2, 0.25) is 0 Å². The van der Waals surface area contributed by atoms with E-state index in [0.717, 1.165) is 37.1 Å². The number of imidazole rings is 1. The second kappa shape index (κ2) is 7.46. The van der Waals surface area contributed by atoms with Gasteiger partial charge < -0.3 is 10.2 Å². The average molecular weight is 406 g/mol. The van der Waals surface area contributed by atoms with Gasteiger partial charge in [-0.15, -0.1) is 0 Å². The molecule has 4 heterocycles. The zero-order valence-corrected chi connectivity index (χ0v) is 16.4. The second-order valence-corrected chi connectivity index (χ2v) is 7.33. The van der Waals surface area contributed by atoms with Gasteiger partial charge in [0.1, 0.15) is 28.8 Å². The van der Waals surface area contributed by atoms with Crippen molar-refractivity contribution in [2.24, 2.45) is 0 Å². The third-order valence-corrected chi connectivity index (χ3v) is 5.50. The third kappa shape index (κ3) is 3.19. The number of likely N-dealkylation sites (N-methyl/N-ethyl adjacent to an activating group) is 1. The van der Waals surface area contributed by atoms with Crippen LogP contribution in [-0.2, 0) is 0 Å². The molecule has 8 heteroatoms. The highest BCUT2D eigenvalue weighted by atomic mass is 19.1. The van der Waals surface area contributed by atoms with E-state index in [4.69, 9.17) is 4.98 Å². The molecule has 0 saturated carbocycles. The summed E-state index contributed by atoms with van der Waals surface area (Å²) in [4.78, 5) is 15.8. The van der Waals surface area contributed by atoms with E-state index in [1.807, 2.05) is 31.3 Å². The first-order chi connectivity index (χ1) is 14.6. The summed E-state index contributed by atoms with van der Waals surface area (Å²) in [6.45, 7) is 1.78. The molecule has 1 atom stereocenters. The zero-order valence-electron chi connectivity index (χ0n) is 16.4. The molecule has 0 unspecified atom stereocenters. The van der Waals surface area contributed by atoms with E-state index in [2.05, 4.69) is 20.2 Å². The summed E-state index contributed by atoms with van der Waals surface area (Å²) in [6.07, 6.45) is 4.37. The van der Waals surface area contributed by atoms with Crippen LogP contribution in [0.2, 0.25) is 0 Å². The van der Waals surface area contributed by atoms with Gasteiger partial charge >= 0.3 is 0 Å². The van der Waals surface area contributed by atoms with Crippen molar-refractivity contribution in [2.45, 2.75) is 12.5 Å². The first-order valence-corrected chi connectivity index (χ1v) is 9.81. The molecule has 1 aromatic carbocycles. The molecule has 30 heavy (non-hydrogen) atoms. The van der Waals surface area contributed by atoms with Crippen molar-refractivity contribution in [1.82, 2.24) is 24.8 Å². The number of rotatable bonds is 4. The van der Waals surface area contributed by atoms with Gasteiger partial charge in [0.25, 0.3) is 0 Å². The van der Waals surface area contributed by atoms with Crippen molar-refractivity contribution in [2.75, 3.05) is 25.0 Å². The number of anilines is 1. The van der Waals surface area contributed by atoms with Gasteiger partial charge in [-0.3, -0.25) is 9.55 Å². The molecular formula is C22H20F2N6. The van der Waals surface area contributed by atoms with Crippen molar-refractivity contribution < 1.29 is 8.78 Å². The highest BCUT2D eigenvalue weighted by Crippen LogP contribution is 2.31. The van der Waals surface area contributed by atoms with Gasteiger partial charge in [-0.05, 0) is 49.9 Å². The summed E-state index contributed by atoms with van der Waals surface area (Å²) >= 11 is 0. The molecule has 1 N–H and O–H groups in total. The molecule has 1 aliphatic heterocycles. The first-order valence-electron chi connectivity index (χ1n) is 9.81. The van der Waals surface area contributed by atoms with Crippen molar-refractivity contribution in [3.8, 4) is 17.1 Å². The number of pyridine rings is 2. The van der Waals surface area contributed by atoms with Crippen LogP contribution in [0.1, 0.15) is 6.42 Å². The third-order valence-electron chi connectivity index (χ3n) is 5.50.